The Morgan fingerprint density at radius 3 is 2.71 bits per heavy atom. The smallest absolute Gasteiger partial charge is 0.191 e. The number of halogens is 1. The van der Waals surface area contributed by atoms with Crippen molar-refractivity contribution in [2.75, 3.05) is 19.6 Å². The molecular formula is C12H22IN3O. The van der Waals surface area contributed by atoms with Crippen LogP contribution in [0.5, 0.6) is 0 Å². The topological polar surface area (TPSA) is 50.8 Å². The Bertz CT molecular complexity index is 319. The SMILES string of the molecule is CC1(CN=C(N)N2CCC2)CC2CCC1O2.I. The van der Waals surface area contributed by atoms with Crippen LogP contribution >= 0.6 is 24.0 Å². The summed E-state index contributed by atoms with van der Waals surface area (Å²) in [5, 5.41) is 0. The van der Waals surface area contributed by atoms with Gasteiger partial charge in [0.2, 0.25) is 0 Å². The van der Waals surface area contributed by atoms with Gasteiger partial charge in [-0.3, -0.25) is 4.99 Å². The lowest BCUT2D eigenvalue weighted by molar-refractivity contribution is 0.0705. The van der Waals surface area contributed by atoms with Crippen molar-refractivity contribution in [2.45, 2.75) is 44.8 Å². The molecule has 0 aromatic rings. The first-order chi connectivity index (χ1) is 7.67. The molecule has 3 aliphatic rings. The third-order valence-electron chi connectivity index (χ3n) is 4.36. The molecule has 5 heteroatoms. The minimum absolute atomic E-state index is 0. The lowest BCUT2D eigenvalue weighted by Gasteiger charge is -2.33. The number of guanidine groups is 1. The van der Waals surface area contributed by atoms with Crippen molar-refractivity contribution in [2.24, 2.45) is 16.1 Å². The van der Waals surface area contributed by atoms with E-state index in [-0.39, 0.29) is 29.4 Å². The second-order valence-electron chi connectivity index (χ2n) is 5.70. The minimum atomic E-state index is 0. The molecule has 0 spiro atoms. The van der Waals surface area contributed by atoms with E-state index < -0.39 is 0 Å². The summed E-state index contributed by atoms with van der Waals surface area (Å²) in [4.78, 5) is 6.71. The van der Waals surface area contributed by atoms with Gasteiger partial charge >= 0.3 is 0 Å². The fourth-order valence-electron chi connectivity index (χ4n) is 3.09. The molecule has 2 N–H and O–H groups in total. The van der Waals surface area contributed by atoms with Crippen LogP contribution in [-0.2, 0) is 4.74 Å². The molecule has 3 fully saturated rings. The van der Waals surface area contributed by atoms with Crippen molar-refractivity contribution >= 4 is 29.9 Å². The van der Waals surface area contributed by atoms with Crippen LogP contribution in [0.1, 0.15) is 32.6 Å². The van der Waals surface area contributed by atoms with Gasteiger partial charge in [-0.1, -0.05) is 6.92 Å². The lowest BCUT2D eigenvalue weighted by atomic mass is 9.76. The third-order valence-corrected chi connectivity index (χ3v) is 4.36. The van der Waals surface area contributed by atoms with Gasteiger partial charge in [0.15, 0.2) is 5.96 Å². The van der Waals surface area contributed by atoms with Crippen LogP contribution in [0, 0.1) is 5.41 Å². The molecule has 4 nitrogen and oxygen atoms in total. The Morgan fingerprint density at radius 1 is 1.47 bits per heavy atom. The second kappa shape index (κ2) is 4.91. The number of hydrogen-bond donors (Lipinski definition) is 1. The Balaban J connectivity index is 0.00000108. The summed E-state index contributed by atoms with van der Waals surface area (Å²) in [7, 11) is 0. The molecule has 0 radical (unpaired) electrons. The van der Waals surface area contributed by atoms with E-state index in [1.54, 1.807) is 0 Å². The van der Waals surface area contributed by atoms with Crippen molar-refractivity contribution in [3.63, 3.8) is 0 Å². The molecule has 0 saturated carbocycles. The highest BCUT2D eigenvalue weighted by atomic mass is 127. The Hall–Kier alpha value is -0.0400. The summed E-state index contributed by atoms with van der Waals surface area (Å²) < 4.78 is 5.90. The molecule has 3 unspecified atom stereocenters. The van der Waals surface area contributed by atoms with Crippen molar-refractivity contribution < 1.29 is 4.74 Å². The first-order valence-corrected chi connectivity index (χ1v) is 6.38. The lowest BCUT2D eigenvalue weighted by Crippen LogP contribution is -2.47. The zero-order valence-corrected chi connectivity index (χ0v) is 12.7. The normalized spacial score (nSPS) is 40.1. The largest absolute Gasteiger partial charge is 0.374 e. The fraction of sp³-hybridized carbons (Fsp3) is 0.917. The van der Waals surface area contributed by atoms with Gasteiger partial charge in [0, 0.05) is 18.5 Å². The van der Waals surface area contributed by atoms with E-state index >= 15 is 0 Å². The van der Waals surface area contributed by atoms with Gasteiger partial charge in [-0.25, -0.2) is 0 Å². The van der Waals surface area contributed by atoms with Crippen molar-refractivity contribution in [3.05, 3.63) is 0 Å². The van der Waals surface area contributed by atoms with Gasteiger partial charge in [0.25, 0.3) is 0 Å². The molecule has 0 aromatic heterocycles. The predicted octanol–water partition coefficient (Wildman–Crippen LogP) is 1.58. The van der Waals surface area contributed by atoms with Gasteiger partial charge in [-0.05, 0) is 25.7 Å². The number of likely N-dealkylation sites (tertiary alicyclic amines) is 1. The first-order valence-electron chi connectivity index (χ1n) is 6.38. The van der Waals surface area contributed by atoms with E-state index in [4.69, 9.17) is 10.5 Å². The van der Waals surface area contributed by atoms with Crippen molar-refractivity contribution in [1.29, 1.82) is 0 Å². The Labute approximate surface area is 120 Å². The molecule has 3 rings (SSSR count). The number of rotatable bonds is 2. The zero-order chi connectivity index (χ0) is 11.2. The fourth-order valence-corrected chi connectivity index (χ4v) is 3.09. The summed E-state index contributed by atoms with van der Waals surface area (Å²) in [5.74, 6) is 0.732. The van der Waals surface area contributed by atoms with Crippen LogP contribution in [0.2, 0.25) is 0 Å². The summed E-state index contributed by atoms with van der Waals surface area (Å²) >= 11 is 0. The first kappa shape index (κ1) is 13.4. The number of nitrogens with two attached hydrogens (primary N) is 1. The molecule has 3 heterocycles. The average Bonchev–Trinajstić information content (AvgIpc) is 2.72. The zero-order valence-electron chi connectivity index (χ0n) is 10.4. The van der Waals surface area contributed by atoms with Crippen LogP contribution in [0.4, 0.5) is 0 Å². The molecule has 3 aliphatic heterocycles. The molecule has 0 aliphatic carbocycles. The highest BCUT2D eigenvalue weighted by Crippen LogP contribution is 2.47. The molecular weight excluding hydrogens is 329 g/mol. The van der Waals surface area contributed by atoms with E-state index in [0.29, 0.717) is 12.2 Å². The summed E-state index contributed by atoms with van der Waals surface area (Å²) in [6.45, 7) is 5.28. The second-order valence-corrected chi connectivity index (χ2v) is 5.70. The number of aliphatic imine (C=N–C) groups is 1. The Morgan fingerprint density at radius 2 is 2.24 bits per heavy atom. The van der Waals surface area contributed by atoms with E-state index in [9.17, 15) is 0 Å². The number of hydrogen-bond acceptors (Lipinski definition) is 2. The monoisotopic (exact) mass is 351 g/mol. The van der Waals surface area contributed by atoms with Crippen molar-refractivity contribution in [1.82, 2.24) is 4.90 Å². The molecule has 0 amide bonds. The number of nitrogens with zero attached hydrogens (tertiary/aromatic N) is 2. The molecule has 17 heavy (non-hydrogen) atoms. The van der Waals surface area contributed by atoms with E-state index in [1.165, 1.54) is 19.3 Å². The van der Waals surface area contributed by atoms with Gasteiger partial charge in [0.05, 0.1) is 18.8 Å². The highest BCUT2D eigenvalue weighted by molar-refractivity contribution is 14.0. The van der Waals surface area contributed by atoms with Gasteiger partial charge in [-0.2, -0.15) is 0 Å². The minimum Gasteiger partial charge on any atom is -0.374 e. The number of ether oxygens (including phenoxy) is 1. The predicted molar refractivity (Wildman–Crippen MR) is 78.7 cm³/mol. The summed E-state index contributed by atoms with van der Waals surface area (Å²) in [6, 6.07) is 0. The molecule has 3 saturated heterocycles. The van der Waals surface area contributed by atoms with Crippen molar-refractivity contribution in [3.8, 4) is 0 Å². The molecule has 0 aromatic carbocycles. The Kier molecular flexibility index (Phi) is 3.87. The highest BCUT2D eigenvalue weighted by Gasteiger charge is 2.49. The average molecular weight is 351 g/mol. The molecule has 2 bridgehead atoms. The van der Waals surface area contributed by atoms with E-state index in [0.717, 1.165) is 32.0 Å². The van der Waals surface area contributed by atoms with Gasteiger partial charge < -0.3 is 15.4 Å². The van der Waals surface area contributed by atoms with Crippen LogP contribution < -0.4 is 5.73 Å². The van der Waals surface area contributed by atoms with Crippen LogP contribution in [-0.4, -0.2) is 42.7 Å². The molecule has 98 valence electrons. The summed E-state index contributed by atoms with van der Waals surface area (Å²) in [5.41, 5.74) is 6.18. The third kappa shape index (κ3) is 2.41. The standard InChI is InChI=1S/C12H21N3O.HI/c1-12(7-9-3-4-10(12)16-9)8-14-11(13)15-5-2-6-15;/h9-10H,2-8H2,1H3,(H2,13,14);1H. The maximum absolute atomic E-state index is 5.95. The van der Waals surface area contributed by atoms with Crippen LogP contribution in [0.25, 0.3) is 0 Å². The van der Waals surface area contributed by atoms with E-state index in [1.807, 2.05) is 0 Å². The quantitative estimate of drug-likeness (QED) is 0.467. The maximum Gasteiger partial charge on any atom is 0.191 e. The van der Waals surface area contributed by atoms with Crippen LogP contribution in [0.3, 0.4) is 0 Å². The van der Waals surface area contributed by atoms with E-state index in [2.05, 4.69) is 16.8 Å². The van der Waals surface area contributed by atoms with Crippen LogP contribution in [0.15, 0.2) is 4.99 Å². The van der Waals surface area contributed by atoms with Gasteiger partial charge in [-0.15, -0.1) is 24.0 Å². The van der Waals surface area contributed by atoms with Gasteiger partial charge in [0.1, 0.15) is 0 Å². The maximum atomic E-state index is 5.95. The summed E-state index contributed by atoms with van der Waals surface area (Å²) in [6.07, 6.45) is 5.78. The number of fused-ring (bicyclic) bond motifs is 2. The molecule has 3 atom stereocenters.